The van der Waals surface area contributed by atoms with Gasteiger partial charge in [-0.2, -0.15) is 5.10 Å². The van der Waals surface area contributed by atoms with Gasteiger partial charge < -0.3 is 10.7 Å². The standard InChI is InChI=1S/C14H12N4O/c15-14-11-4-2-1-3-10(11)12(17-18-14)7-9-5-6-13(19)16-8-9/h1-6,8H,7H2,(H2,15,18)(H,16,19). The fourth-order valence-electron chi connectivity index (χ4n) is 2.06. The van der Waals surface area contributed by atoms with Crippen LogP contribution in [0.25, 0.3) is 10.8 Å². The molecule has 1 aromatic carbocycles. The van der Waals surface area contributed by atoms with E-state index in [2.05, 4.69) is 15.2 Å². The summed E-state index contributed by atoms with van der Waals surface area (Å²) in [6, 6.07) is 11.1. The molecule has 3 rings (SSSR count). The summed E-state index contributed by atoms with van der Waals surface area (Å²) in [6.45, 7) is 0. The maximum Gasteiger partial charge on any atom is 0.247 e. The summed E-state index contributed by atoms with van der Waals surface area (Å²) in [5.74, 6) is 0.431. The van der Waals surface area contributed by atoms with Gasteiger partial charge in [-0.15, -0.1) is 5.10 Å². The molecule has 0 saturated carbocycles. The number of pyridine rings is 1. The van der Waals surface area contributed by atoms with E-state index in [1.54, 1.807) is 12.3 Å². The van der Waals surface area contributed by atoms with Crippen LogP contribution in [-0.4, -0.2) is 15.2 Å². The second-order valence-electron chi connectivity index (χ2n) is 4.32. The molecular formula is C14H12N4O. The average molecular weight is 252 g/mol. The molecule has 3 N–H and O–H groups in total. The Labute approximate surface area is 109 Å². The van der Waals surface area contributed by atoms with Crippen molar-refractivity contribution in [1.29, 1.82) is 0 Å². The second kappa shape index (κ2) is 4.53. The lowest BCUT2D eigenvalue weighted by molar-refractivity contribution is 0.959. The van der Waals surface area contributed by atoms with E-state index in [1.165, 1.54) is 6.07 Å². The fraction of sp³-hybridized carbons (Fsp3) is 0.0714. The Kier molecular flexibility index (Phi) is 2.72. The zero-order valence-electron chi connectivity index (χ0n) is 10.1. The summed E-state index contributed by atoms with van der Waals surface area (Å²) < 4.78 is 0. The van der Waals surface area contributed by atoms with Crippen LogP contribution in [0.3, 0.4) is 0 Å². The van der Waals surface area contributed by atoms with Gasteiger partial charge in [0.1, 0.15) is 0 Å². The molecule has 0 aliphatic rings. The molecule has 19 heavy (non-hydrogen) atoms. The average Bonchev–Trinajstić information content (AvgIpc) is 2.45. The number of nitrogens with one attached hydrogen (secondary N) is 1. The van der Waals surface area contributed by atoms with Gasteiger partial charge >= 0.3 is 0 Å². The third-order valence-electron chi connectivity index (χ3n) is 3.01. The van der Waals surface area contributed by atoms with Crippen LogP contribution in [0.2, 0.25) is 0 Å². The minimum atomic E-state index is -0.114. The van der Waals surface area contributed by atoms with Gasteiger partial charge in [-0.05, 0) is 5.56 Å². The van der Waals surface area contributed by atoms with Crippen molar-refractivity contribution in [1.82, 2.24) is 15.2 Å². The van der Waals surface area contributed by atoms with Crippen LogP contribution in [0.5, 0.6) is 0 Å². The molecule has 2 aromatic heterocycles. The van der Waals surface area contributed by atoms with Crippen LogP contribution in [0, 0.1) is 0 Å². The summed E-state index contributed by atoms with van der Waals surface area (Å²) in [5, 5.41) is 10.0. The maximum atomic E-state index is 11.0. The quantitative estimate of drug-likeness (QED) is 0.723. The summed E-state index contributed by atoms with van der Waals surface area (Å²) in [4.78, 5) is 13.7. The first-order chi connectivity index (χ1) is 9.24. The number of anilines is 1. The van der Waals surface area contributed by atoms with Crippen LogP contribution >= 0.6 is 0 Å². The van der Waals surface area contributed by atoms with Crippen molar-refractivity contribution in [3.05, 3.63) is 64.2 Å². The minimum Gasteiger partial charge on any atom is -0.382 e. The molecule has 0 saturated heterocycles. The summed E-state index contributed by atoms with van der Waals surface area (Å²) in [5.41, 5.74) is 7.52. The molecule has 0 bridgehead atoms. The molecule has 0 unspecified atom stereocenters. The molecule has 3 aromatic rings. The number of aromatic nitrogens is 3. The van der Waals surface area contributed by atoms with E-state index in [-0.39, 0.29) is 5.56 Å². The summed E-state index contributed by atoms with van der Waals surface area (Å²) in [6.07, 6.45) is 2.29. The van der Waals surface area contributed by atoms with Crippen LogP contribution in [0.1, 0.15) is 11.3 Å². The van der Waals surface area contributed by atoms with Crippen molar-refractivity contribution in [2.45, 2.75) is 6.42 Å². The van der Waals surface area contributed by atoms with Gasteiger partial charge in [0.25, 0.3) is 0 Å². The van der Waals surface area contributed by atoms with E-state index in [9.17, 15) is 4.79 Å². The fourth-order valence-corrected chi connectivity index (χ4v) is 2.06. The largest absolute Gasteiger partial charge is 0.382 e. The number of nitrogens with two attached hydrogens (primary N) is 1. The smallest absolute Gasteiger partial charge is 0.247 e. The van der Waals surface area contributed by atoms with E-state index in [0.29, 0.717) is 12.2 Å². The monoisotopic (exact) mass is 252 g/mol. The Morgan fingerprint density at radius 3 is 2.58 bits per heavy atom. The highest BCUT2D eigenvalue weighted by Crippen LogP contribution is 2.22. The molecule has 0 fully saturated rings. The zero-order chi connectivity index (χ0) is 13.2. The van der Waals surface area contributed by atoms with Crippen molar-refractivity contribution >= 4 is 16.6 Å². The SMILES string of the molecule is Nc1nnc(Cc2ccc(=O)[nH]c2)c2ccccc12. The van der Waals surface area contributed by atoms with Crippen molar-refractivity contribution in [3.8, 4) is 0 Å². The van der Waals surface area contributed by atoms with E-state index >= 15 is 0 Å². The molecule has 0 radical (unpaired) electrons. The molecule has 0 aliphatic carbocycles. The van der Waals surface area contributed by atoms with Crippen molar-refractivity contribution in [2.75, 3.05) is 5.73 Å². The van der Waals surface area contributed by atoms with E-state index in [0.717, 1.165) is 22.0 Å². The molecule has 0 amide bonds. The molecule has 5 heteroatoms. The predicted molar refractivity (Wildman–Crippen MR) is 73.8 cm³/mol. The number of fused-ring (bicyclic) bond motifs is 1. The molecular weight excluding hydrogens is 240 g/mol. The lowest BCUT2D eigenvalue weighted by atomic mass is 10.1. The van der Waals surface area contributed by atoms with Gasteiger partial charge in [0.2, 0.25) is 5.56 Å². The Hall–Kier alpha value is -2.69. The molecule has 0 aliphatic heterocycles. The first kappa shape index (κ1) is 11.4. The highest BCUT2D eigenvalue weighted by molar-refractivity contribution is 5.92. The lowest BCUT2D eigenvalue weighted by Crippen LogP contribution is -2.05. The maximum absolute atomic E-state index is 11.0. The highest BCUT2D eigenvalue weighted by atomic mass is 16.1. The Morgan fingerprint density at radius 2 is 1.84 bits per heavy atom. The number of H-pyrrole nitrogens is 1. The predicted octanol–water partition coefficient (Wildman–Crippen LogP) is 1.49. The third-order valence-corrected chi connectivity index (χ3v) is 3.01. The van der Waals surface area contributed by atoms with Crippen molar-refractivity contribution < 1.29 is 0 Å². The number of nitrogen functional groups attached to an aromatic ring is 1. The Balaban J connectivity index is 2.08. The Morgan fingerprint density at radius 1 is 1.05 bits per heavy atom. The first-order valence-corrected chi connectivity index (χ1v) is 5.91. The summed E-state index contributed by atoms with van der Waals surface area (Å²) in [7, 11) is 0. The number of benzene rings is 1. The topological polar surface area (TPSA) is 84.7 Å². The van der Waals surface area contributed by atoms with Crippen LogP contribution in [0.4, 0.5) is 5.82 Å². The van der Waals surface area contributed by atoms with Crippen molar-refractivity contribution in [3.63, 3.8) is 0 Å². The zero-order valence-corrected chi connectivity index (χ0v) is 10.1. The van der Waals surface area contributed by atoms with Gasteiger partial charge in [-0.1, -0.05) is 30.3 Å². The van der Waals surface area contributed by atoms with Gasteiger partial charge in [-0.3, -0.25) is 4.79 Å². The molecule has 5 nitrogen and oxygen atoms in total. The van der Waals surface area contributed by atoms with Gasteiger partial charge in [-0.25, -0.2) is 0 Å². The number of hydrogen-bond acceptors (Lipinski definition) is 4. The van der Waals surface area contributed by atoms with Gasteiger partial charge in [0.05, 0.1) is 5.69 Å². The Bertz CT molecular complexity index is 774. The van der Waals surface area contributed by atoms with Crippen LogP contribution < -0.4 is 11.3 Å². The highest BCUT2D eigenvalue weighted by Gasteiger charge is 2.07. The number of rotatable bonds is 2. The normalized spacial score (nSPS) is 10.7. The van der Waals surface area contributed by atoms with Crippen LogP contribution in [0.15, 0.2) is 47.4 Å². The molecule has 0 spiro atoms. The van der Waals surface area contributed by atoms with E-state index in [4.69, 9.17) is 5.73 Å². The lowest BCUT2D eigenvalue weighted by Gasteiger charge is -2.06. The van der Waals surface area contributed by atoms with E-state index in [1.807, 2.05) is 24.3 Å². The van der Waals surface area contributed by atoms with Crippen molar-refractivity contribution in [2.24, 2.45) is 0 Å². The van der Waals surface area contributed by atoms with Crippen LogP contribution in [-0.2, 0) is 6.42 Å². The number of hydrogen-bond donors (Lipinski definition) is 2. The van der Waals surface area contributed by atoms with E-state index < -0.39 is 0 Å². The molecule has 2 heterocycles. The van der Waals surface area contributed by atoms with Gasteiger partial charge in [0.15, 0.2) is 5.82 Å². The minimum absolute atomic E-state index is 0.114. The number of aromatic amines is 1. The summed E-state index contributed by atoms with van der Waals surface area (Å²) >= 11 is 0. The molecule has 94 valence electrons. The molecule has 0 atom stereocenters. The second-order valence-corrected chi connectivity index (χ2v) is 4.32. The number of nitrogens with zero attached hydrogens (tertiary/aromatic N) is 2. The third kappa shape index (κ3) is 2.18. The van der Waals surface area contributed by atoms with Gasteiger partial charge in [0, 0.05) is 29.5 Å². The first-order valence-electron chi connectivity index (χ1n) is 5.91.